The molecule has 3 N–H and O–H groups in total. The Balaban J connectivity index is 1.27. The van der Waals surface area contributed by atoms with Crippen molar-refractivity contribution in [2.75, 3.05) is 19.6 Å². The van der Waals surface area contributed by atoms with E-state index in [2.05, 4.69) is 16.0 Å². The van der Waals surface area contributed by atoms with Gasteiger partial charge in [-0.25, -0.2) is 0 Å². The molecule has 0 aromatic heterocycles. The number of piperidine rings is 1. The predicted molar refractivity (Wildman–Crippen MR) is 103 cm³/mol. The van der Waals surface area contributed by atoms with E-state index in [0.717, 1.165) is 30.1 Å². The highest BCUT2D eigenvalue weighted by molar-refractivity contribution is 6.23. The van der Waals surface area contributed by atoms with Crippen LogP contribution in [0.3, 0.4) is 0 Å². The van der Waals surface area contributed by atoms with Crippen LogP contribution in [0.25, 0.3) is 0 Å². The Morgan fingerprint density at radius 1 is 1.10 bits per heavy atom. The van der Waals surface area contributed by atoms with Gasteiger partial charge in [0.05, 0.1) is 11.1 Å². The molecule has 8 heteroatoms. The number of hydrogen-bond donors (Lipinski definition) is 3. The van der Waals surface area contributed by atoms with E-state index in [9.17, 15) is 19.2 Å². The third kappa shape index (κ3) is 3.07. The standard InChI is InChI=1S/C21H24N4O4/c26-17-4-3-16(18(27)24-17)25-19(28)14-2-1-12(7-15(14)20(25)29)8-22-9-13-10-23-11-21(13)5-6-21/h1-2,7,13,16,22-23H,3-6,8-11H2,(H,24,26,27). The van der Waals surface area contributed by atoms with Crippen molar-refractivity contribution in [1.82, 2.24) is 20.9 Å². The monoisotopic (exact) mass is 396 g/mol. The Morgan fingerprint density at radius 3 is 2.66 bits per heavy atom. The van der Waals surface area contributed by atoms with Crippen molar-refractivity contribution in [3.05, 3.63) is 34.9 Å². The summed E-state index contributed by atoms with van der Waals surface area (Å²) in [5.41, 5.74) is 2.09. The molecule has 3 heterocycles. The van der Waals surface area contributed by atoms with Crippen LogP contribution in [0, 0.1) is 11.3 Å². The van der Waals surface area contributed by atoms with Crippen molar-refractivity contribution in [1.29, 1.82) is 0 Å². The van der Waals surface area contributed by atoms with E-state index in [1.165, 1.54) is 12.8 Å². The summed E-state index contributed by atoms with van der Waals surface area (Å²) in [4.78, 5) is 50.1. The third-order valence-electron chi connectivity index (χ3n) is 6.85. The average molecular weight is 396 g/mol. The number of hydrogen-bond acceptors (Lipinski definition) is 6. The summed E-state index contributed by atoms with van der Waals surface area (Å²) in [6, 6.07) is 4.34. The van der Waals surface area contributed by atoms with Crippen LogP contribution in [0.1, 0.15) is 52.0 Å². The summed E-state index contributed by atoms with van der Waals surface area (Å²) in [5, 5.41) is 9.18. The molecule has 3 aliphatic heterocycles. The molecule has 1 aliphatic carbocycles. The van der Waals surface area contributed by atoms with Crippen LogP contribution >= 0.6 is 0 Å². The number of nitrogens with one attached hydrogen (secondary N) is 3. The Kier molecular flexibility index (Phi) is 4.29. The fraction of sp³-hybridized carbons (Fsp3) is 0.524. The lowest BCUT2D eigenvalue weighted by Crippen LogP contribution is -2.54. The quantitative estimate of drug-likeness (QED) is 0.613. The predicted octanol–water partition coefficient (Wildman–Crippen LogP) is 0.177. The fourth-order valence-electron chi connectivity index (χ4n) is 4.91. The molecule has 29 heavy (non-hydrogen) atoms. The van der Waals surface area contributed by atoms with Gasteiger partial charge in [0.25, 0.3) is 11.8 Å². The minimum absolute atomic E-state index is 0.122. The van der Waals surface area contributed by atoms with E-state index >= 15 is 0 Å². The van der Waals surface area contributed by atoms with Gasteiger partial charge in [0.2, 0.25) is 11.8 Å². The van der Waals surface area contributed by atoms with Gasteiger partial charge in [0.1, 0.15) is 6.04 Å². The fourth-order valence-corrected chi connectivity index (χ4v) is 4.91. The van der Waals surface area contributed by atoms with Crippen molar-refractivity contribution in [3.8, 4) is 0 Å². The first-order valence-corrected chi connectivity index (χ1v) is 10.2. The molecule has 3 fully saturated rings. The molecule has 4 aliphatic rings. The maximum atomic E-state index is 12.9. The molecule has 2 atom stereocenters. The molecule has 1 saturated carbocycles. The number of imide groups is 2. The first-order chi connectivity index (χ1) is 14.0. The molecule has 2 unspecified atom stereocenters. The minimum Gasteiger partial charge on any atom is -0.316 e. The van der Waals surface area contributed by atoms with Crippen molar-refractivity contribution < 1.29 is 19.2 Å². The average Bonchev–Trinajstić information content (AvgIpc) is 3.31. The van der Waals surface area contributed by atoms with E-state index in [1.54, 1.807) is 12.1 Å². The van der Waals surface area contributed by atoms with Gasteiger partial charge in [-0.2, -0.15) is 0 Å². The van der Waals surface area contributed by atoms with Crippen LogP contribution in [0.4, 0.5) is 0 Å². The second-order valence-electron chi connectivity index (χ2n) is 8.65. The number of carbonyl (C=O) groups excluding carboxylic acids is 4. The topological polar surface area (TPSA) is 108 Å². The van der Waals surface area contributed by atoms with E-state index in [-0.39, 0.29) is 18.7 Å². The molecule has 5 rings (SSSR count). The minimum atomic E-state index is -0.925. The zero-order chi connectivity index (χ0) is 20.2. The van der Waals surface area contributed by atoms with Crippen LogP contribution in [0.5, 0.6) is 0 Å². The highest BCUT2D eigenvalue weighted by Gasteiger charge is 2.51. The van der Waals surface area contributed by atoms with Crippen molar-refractivity contribution in [2.24, 2.45) is 11.3 Å². The molecule has 1 aromatic rings. The van der Waals surface area contributed by atoms with Crippen LogP contribution in [-0.4, -0.2) is 54.2 Å². The summed E-state index contributed by atoms with van der Waals surface area (Å²) >= 11 is 0. The molecule has 1 spiro atoms. The molecule has 152 valence electrons. The van der Waals surface area contributed by atoms with Gasteiger partial charge in [0.15, 0.2) is 0 Å². The summed E-state index contributed by atoms with van der Waals surface area (Å²) in [7, 11) is 0. The largest absolute Gasteiger partial charge is 0.316 e. The van der Waals surface area contributed by atoms with Crippen molar-refractivity contribution >= 4 is 23.6 Å². The number of carbonyl (C=O) groups is 4. The Hall–Kier alpha value is -2.58. The maximum absolute atomic E-state index is 12.9. The first kappa shape index (κ1) is 18.4. The highest BCUT2D eigenvalue weighted by atomic mass is 16.2. The smallest absolute Gasteiger partial charge is 0.262 e. The number of nitrogens with zero attached hydrogens (tertiary/aromatic N) is 1. The number of rotatable bonds is 5. The lowest BCUT2D eigenvalue weighted by molar-refractivity contribution is -0.136. The Morgan fingerprint density at radius 2 is 1.90 bits per heavy atom. The van der Waals surface area contributed by atoms with E-state index in [0.29, 0.717) is 29.0 Å². The lowest BCUT2D eigenvalue weighted by Gasteiger charge is -2.27. The van der Waals surface area contributed by atoms with Gasteiger partial charge in [0, 0.05) is 26.1 Å². The summed E-state index contributed by atoms with van der Waals surface area (Å²) < 4.78 is 0. The summed E-state index contributed by atoms with van der Waals surface area (Å²) in [6.07, 6.45) is 2.90. The van der Waals surface area contributed by atoms with Crippen LogP contribution in [0.15, 0.2) is 18.2 Å². The number of fused-ring (bicyclic) bond motifs is 1. The second kappa shape index (κ2) is 6.74. The maximum Gasteiger partial charge on any atom is 0.262 e. The first-order valence-electron chi connectivity index (χ1n) is 10.2. The molecule has 2 saturated heterocycles. The molecule has 0 bridgehead atoms. The summed E-state index contributed by atoms with van der Waals surface area (Å²) in [5.74, 6) is -1.24. The zero-order valence-corrected chi connectivity index (χ0v) is 16.1. The van der Waals surface area contributed by atoms with Crippen LogP contribution < -0.4 is 16.0 Å². The zero-order valence-electron chi connectivity index (χ0n) is 16.1. The van der Waals surface area contributed by atoms with Crippen LogP contribution in [-0.2, 0) is 16.1 Å². The molecular weight excluding hydrogens is 372 g/mol. The van der Waals surface area contributed by atoms with Gasteiger partial charge in [-0.05, 0) is 54.8 Å². The number of benzene rings is 1. The van der Waals surface area contributed by atoms with Gasteiger partial charge in [-0.15, -0.1) is 0 Å². The molecular formula is C21H24N4O4. The van der Waals surface area contributed by atoms with Gasteiger partial charge in [-0.3, -0.25) is 29.4 Å². The van der Waals surface area contributed by atoms with E-state index < -0.39 is 23.8 Å². The van der Waals surface area contributed by atoms with E-state index in [1.807, 2.05) is 6.07 Å². The van der Waals surface area contributed by atoms with E-state index in [4.69, 9.17) is 0 Å². The molecule has 1 aromatic carbocycles. The summed E-state index contributed by atoms with van der Waals surface area (Å²) in [6.45, 7) is 3.72. The van der Waals surface area contributed by atoms with Gasteiger partial charge >= 0.3 is 0 Å². The third-order valence-corrected chi connectivity index (χ3v) is 6.85. The van der Waals surface area contributed by atoms with Crippen molar-refractivity contribution in [2.45, 2.75) is 38.3 Å². The highest BCUT2D eigenvalue weighted by Crippen LogP contribution is 2.53. The number of amides is 4. The Bertz CT molecular complexity index is 923. The van der Waals surface area contributed by atoms with Gasteiger partial charge in [-0.1, -0.05) is 6.07 Å². The Labute approximate surface area is 168 Å². The SMILES string of the molecule is O=C1CCC(N2C(=O)c3ccc(CNCC4CNCC45CC5)cc3C2=O)C(=O)N1. The van der Waals surface area contributed by atoms with Crippen molar-refractivity contribution in [3.63, 3.8) is 0 Å². The van der Waals surface area contributed by atoms with Crippen LogP contribution in [0.2, 0.25) is 0 Å². The molecule has 8 nitrogen and oxygen atoms in total. The second-order valence-corrected chi connectivity index (χ2v) is 8.65. The van der Waals surface area contributed by atoms with Gasteiger partial charge < -0.3 is 10.6 Å². The molecule has 0 radical (unpaired) electrons. The normalized spacial score (nSPS) is 27.5. The lowest BCUT2D eigenvalue weighted by atomic mass is 9.93. The molecule has 4 amide bonds.